The van der Waals surface area contributed by atoms with Crippen LogP contribution in [0, 0.1) is 0 Å². The minimum Gasteiger partial charge on any atom is -0.479 e. The van der Waals surface area contributed by atoms with Gasteiger partial charge in [0.1, 0.15) is 6.79 Å². The molecule has 1 aliphatic heterocycles. The highest BCUT2D eigenvalue weighted by Crippen LogP contribution is 2.18. The van der Waals surface area contributed by atoms with Crippen LogP contribution in [0.4, 0.5) is 5.69 Å². The number of morpholine rings is 1. The maximum absolute atomic E-state index is 11.1. The van der Waals surface area contributed by atoms with Crippen LogP contribution in [0.15, 0.2) is 24.3 Å². The van der Waals surface area contributed by atoms with Crippen LogP contribution in [0.2, 0.25) is 0 Å². The number of hydrogen-bond donors (Lipinski definition) is 1. The molecule has 0 aliphatic carbocycles. The molecule has 1 heterocycles. The Morgan fingerprint density at radius 3 is 2.57 bits per heavy atom. The smallest absolute Gasteiger partial charge is 0.333 e. The molecule has 1 aromatic rings. The van der Waals surface area contributed by atoms with Crippen molar-refractivity contribution in [1.29, 1.82) is 0 Å². The van der Waals surface area contributed by atoms with Crippen LogP contribution < -0.4 is 4.90 Å². The van der Waals surface area contributed by atoms with E-state index < -0.39 is 12.1 Å². The molecule has 1 atom stereocenters. The van der Waals surface area contributed by atoms with Crippen LogP contribution in [-0.4, -0.2) is 57.4 Å². The minimum absolute atomic E-state index is 0.0250. The number of benzene rings is 1. The summed E-state index contributed by atoms with van der Waals surface area (Å²) in [5.74, 6) is -0.982. The predicted molar refractivity (Wildman–Crippen MR) is 77.6 cm³/mol. The summed E-state index contributed by atoms with van der Waals surface area (Å²) in [4.78, 5) is 13.4. The molecule has 0 amide bonds. The van der Waals surface area contributed by atoms with Crippen LogP contribution in [-0.2, 0) is 25.4 Å². The molecular formula is C15H21NO5. The first-order chi connectivity index (χ1) is 10.2. The molecule has 21 heavy (non-hydrogen) atoms. The van der Waals surface area contributed by atoms with Gasteiger partial charge in [-0.15, -0.1) is 0 Å². The van der Waals surface area contributed by atoms with Crippen LogP contribution in [0.3, 0.4) is 0 Å². The summed E-state index contributed by atoms with van der Waals surface area (Å²) in [6.45, 7) is 3.23. The normalized spacial score (nSPS) is 16.7. The van der Waals surface area contributed by atoms with Crippen molar-refractivity contribution in [2.24, 2.45) is 0 Å². The van der Waals surface area contributed by atoms with Gasteiger partial charge in [-0.2, -0.15) is 0 Å². The minimum atomic E-state index is -0.982. The molecule has 6 nitrogen and oxygen atoms in total. The Labute approximate surface area is 124 Å². The Hall–Kier alpha value is -1.63. The van der Waals surface area contributed by atoms with Crippen molar-refractivity contribution in [2.45, 2.75) is 12.5 Å². The van der Waals surface area contributed by atoms with Gasteiger partial charge in [0.25, 0.3) is 0 Å². The Kier molecular flexibility index (Phi) is 5.98. The number of ether oxygens (including phenoxy) is 3. The topological polar surface area (TPSA) is 68.2 Å². The van der Waals surface area contributed by atoms with Crippen LogP contribution in [0.5, 0.6) is 0 Å². The molecule has 1 fully saturated rings. The van der Waals surface area contributed by atoms with Gasteiger partial charge in [-0.25, -0.2) is 4.79 Å². The summed E-state index contributed by atoms with van der Waals surface area (Å²) in [5.41, 5.74) is 2.06. The average Bonchev–Trinajstić information content (AvgIpc) is 2.52. The zero-order valence-electron chi connectivity index (χ0n) is 12.2. The number of methoxy groups -OCH3 is 1. The summed E-state index contributed by atoms with van der Waals surface area (Å²) in [6, 6.07) is 7.90. The summed E-state index contributed by atoms with van der Waals surface area (Å²) >= 11 is 0. The lowest BCUT2D eigenvalue weighted by Crippen LogP contribution is -2.36. The Bertz CT molecular complexity index is 442. The molecule has 2 rings (SSSR count). The van der Waals surface area contributed by atoms with E-state index in [0.29, 0.717) is 6.42 Å². The third kappa shape index (κ3) is 4.70. The largest absolute Gasteiger partial charge is 0.479 e. The lowest BCUT2D eigenvalue weighted by molar-refractivity contribution is -0.158. The summed E-state index contributed by atoms with van der Waals surface area (Å²) in [6.07, 6.45) is -0.568. The number of aliphatic carboxylic acids is 1. The SMILES string of the molecule is COCO[C@H](Cc1ccc(N2CCOCC2)cc1)C(=O)O. The molecule has 0 saturated carbocycles. The van der Waals surface area contributed by atoms with E-state index in [0.717, 1.165) is 37.6 Å². The third-order valence-electron chi connectivity index (χ3n) is 3.40. The predicted octanol–water partition coefficient (Wildman–Crippen LogP) is 1.14. The number of carbonyl (C=O) groups is 1. The second-order valence-corrected chi connectivity index (χ2v) is 4.87. The van der Waals surface area contributed by atoms with Gasteiger partial charge in [-0.1, -0.05) is 12.1 Å². The van der Waals surface area contributed by atoms with Crippen molar-refractivity contribution in [3.05, 3.63) is 29.8 Å². The van der Waals surface area contributed by atoms with E-state index in [9.17, 15) is 4.79 Å². The number of carboxylic acid groups (broad SMARTS) is 1. The van der Waals surface area contributed by atoms with Crippen molar-refractivity contribution in [1.82, 2.24) is 0 Å². The third-order valence-corrected chi connectivity index (χ3v) is 3.40. The second kappa shape index (κ2) is 7.97. The van der Waals surface area contributed by atoms with Crippen molar-refractivity contribution in [3.8, 4) is 0 Å². The van der Waals surface area contributed by atoms with Gasteiger partial charge in [-0.05, 0) is 17.7 Å². The van der Waals surface area contributed by atoms with Crippen molar-refractivity contribution in [3.63, 3.8) is 0 Å². The zero-order chi connectivity index (χ0) is 15.1. The van der Waals surface area contributed by atoms with E-state index in [1.165, 1.54) is 7.11 Å². The van der Waals surface area contributed by atoms with Crippen LogP contribution >= 0.6 is 0 Å². The fourth-order valence-electron chi connectivity index (χ4n) is 2.25. The van der Waals surface area contributed by atoms with E-state index in [1.807, 2.05) is 24.3 Å². The molecule has 0 unspecified atom stereocenters. The molecule has 0 spiro atoms. The summed E-state index contributed by atoms with van der Waals surface area (Å²) in [5, 5.41) is 9.12. The second-order valence-electron chi connectivity index (χ2n) is 4.87. The van der Waals surface area contributed by atoms with Gasteiger partial charge in [0.05, 0.1) is 13.2 Å². The maximum atomic E-state index is 11.1. The molecular weight excluding hydrogens is 274 g/mol. The lowest BCUT2D eigenvalue weighted by atomic mass is 10.1. The average molecular weight is 295 g/mol. The van der Waals surface area contributed by atoms with Crippen LogP contribution in [0.1, 0.15) is 5.56 Å². The first kappa shape index (κ1) is 15.8. The zero-order valence-corrected chi connectivity index (χ0v) is 12.2. The van der Waals surface area contributed by atoms with E-state index in [4.69, 9.17) is 19.3 Å². The highest BCUT2D eigenvalue weighted by molar-refractivity contribution is 5.72. The van der Waals surface area contributed by atoms with Crippen LogP contribution in [0.25, 0.3) is 0 Å². The first-order valence-electron chi connectivity index (χ1n) is 6.95. The molecule has 1 saturated heterocycles. The van der Waals surface area contributed by atoms with E-state index in [-0.39, 0.29) is 6.79 Å². The maximum Gasteiger partial charge on any atom is 0.333 e. The van der Waals surface area contributed by atoms with Crippen molar-refractivity contribution < 1.29 is 24.1 Å². The number of anilines is 1. The molecule has 116 valence electrons. The van der Waals surface area contributed by atoms with Gasteiger partial charge >= 0.3 is 5.97 Å². The molecule has 0 bridgehead atoms. The van der Waals surface area contributed by atoms with E-state index in [2.05, 4.69) is 4.90 Å². The number of rotatable bonds is 7. The van der Waals surface area contributed by atoms with Gasteiger partial charge < -0.3 is 24.2 Å². The molecule has 0 aromatic heterocycles. The molecule has 1 aromatic carbocycles. The van der Waals surface area contributed by atoms with E-state index >= 15 is 0 Å². The van der Waals surface area contributed by atoms with Crippen molar-refractivity contribution in [2.75, 3.05) is 45.1 Å². The van der Waals surface area contributed by atoms with Crippen molar-refractivity contribution >= 4 is 11.7 Å². The highest BCUT2D eigenvalue weighted by Gasteiger charge is 2.19. The molecule has 6 heteroatoms. The van der Waals surface area contributed by atoms with Gasteiger partial charge in [0, 0.05) is 32.3 Å². The Morgan fingerprint density at radius 2 is 2.00 bits per heavy atom. The Morgan fingerprint density at radius 1 is 1.33 bits per heavy atom. The fraction of sp³-hybridized carbons (Fsp3) is 0.533. The molecule has 1 aliphatic rings. The fourth-order valence-corrected chi connectivity index (χ4v) is 2.25. The number of hydrogen-bond acceptors (Lipinski definition) is 5. The quantitative estimate of drug-likeness (QED) is 0.761. The Balaban J connectivity index is 1.95. The molecule has 1 N–H and O–H groups in total. The lowest BCUT2D eigenvalue weighted by Gasteiger charge is -2.29. The summed E-state index contributed by atoms with van der Waals surface area (Å²) in [7, 11) is 1.47. The number of carboxylic acids is 1. The standard InChI is InChI=1S/C15H21NO5/c1-19-11-21-14(15(17)18)10-12-2-4-13(5-3-12)16-6-8-20-9-7-16/h2-5,14H,6-11H2,1H3,(H,17,18)/t14-/m1/s1. The van der Waals surface area contributed by atoms with Gasteiger partial charge in [0.15, 0.2) is 6.10 Å². The van der Waals surface area contributed by atoms with Gasteiger partial charge in [0.2, 0.25) is 0 Å². The molecule has 0 radical (unpaired) electrons. The van der Waals surface area contributed by atoms with E-state index in [1.54, 1.807) is 0 Å². The number of nitrogens with zero attached hydrogens (tertiary/aromatic N) is 1. The monoisotopic (exact) mass is 295 g/mol. The van der Waals surface area contributed by atoms with Gasteiger partial charge in [-0.3, -0.25) is 0 Å². The highest BCUT2D eigenvalue weighted by atomic mass is 16.7. The summed E-state index contributed by atoms with van der Waals surface area (Å²) < 4.78 is 15.2. The first-order valence-corrected chi connectivity index (χ1v) is 6.95.